The van der Waals surface area contributed by atoms with E-state index in [1.807, 2.05) is 0 Å². The van der Waals surface area contributed by atoms with E-state index in [0.29, 0.717) is 13.0 Å². The summed E-state index contributed by atoms with van der Waals surface area (Å²) in [6.07, 6.45) is 0.375. The van der Waals surface area contributed by atoms with E-state index < -0.39 is 6.67 Å². The molecule has 0 bridgehead atoms. The predicted molar refractivity (Wildman–Crippen MR) is 27.4 cm³/mol. The highest BCUT2D eigenvalue weighted by Gasteiger charge is 1.85. The Balaban J connectivity index is 2.53. The first-order valence-electron chi connectivity index (χ1n) is 2.61. The summed E-state index contributed by atoms with van der Waals surface area (Å²) in [5.41, 5.74) is 0. The summed E-state index contributed by atoms with van der Waals surface area (Å²) in [5, 5.41) is 0. The molecule has 0 saturated heterocycles. The van der Waals surface area contributed by atoms with E-state index in [4.69, 9.17) is 0 Å². The van der Waals surface area contributed by atoms with Gasteiger partial charge in [-0.25, -0.2) is 4.39 Å². The van der Waals surface area contributed by atoms with Gasteiger partial charge in [0, 0.05) is 6.61 Å². The number of halogens is 2. The Morgan fingerprint density at radius 3 is 2.25 bits per heavy atom. The number of alkyl halides is 2. The molecule has 0 aliphatic heterocycles. The first kappa shape index (κ1) is 7.82. The molecule has 0 heterocycles. The molecule has 0 atom stereocenters. The van der Waals surface area contributed by atoms with Crippen LogP contribution in [-0.2, 0) is 4.74 Å². The van der Waals surface area contributed by atoms with Crippen molar-refractivity contribution in [2.75, 3.05) is 26.6 Å². The van der Waals surface area contributed by atoms with Crippen molar-refractivity contribution in [3.63, 3.8) is 0 Å². The normalized spacial score (nSPS) is 9.75. The fourth-order valence-corrected chi connectivity index (χ4v) is 0.313. The lowest BCUT2D eigenvalue weighted by molar-refractivity contribution is 0.112. The molecule has 0 N–H and O–H groups in total. The van der Waals surface area contributed by atoms with Crippen molar-refractivity contribution in [1.82, 2.24) is 0 Å². The first-order valence-corrected chi connectivity index (χ1v) is 2.61. The van der Waals surface area contributed by atoms with Crippen molar-refractivity contribution in [2.45, 2.75) is 6.42 Å². The van der Waals surface area contributed by atoms with Gasteiger partial charge in [-0.05, 0) is 6.42 Å². The third kappa shape index (κ3) is 5.82. The molecule has 0 aromatic carbocycles. The van der Waals surface area contributed by atoms with Crippen LogP contribution >= 0.6 is 0 Å². The van der Waals surface area contributed by atoms with Crippen LogP contribution in [0.15, 0.2) is 0 Å². The second-order valence-corrected chi connectivity index (χ2v) is 1.34. The van der Waals surface area contributed by atoms with Crippen molar-refractivity contribution in [1.29, 1.82) is 0 Å². The van der Waals surface area contributed by atoms with Crippen molar-refractivity contribution >= 4 is 0 Å². The fourth-order valence-electron chi connectivity index (χ4n) is 0.313. The molecule has 0 rings (SSSR count). The van der Waals surface area contributed by atoms with Crippen molar-refractivity contribution in [2.24, 2.45) is 0 Å². The van der Waals surface area contributed by atoms with Gasteiger partial charge in [-0.2, -0.15) is 0 Å². The zero-order valence-electron chi connectivity index (χ0n) is 4.70. The minimum Gasteiger partial charge on any atom is -0.379 e. The zero-order chi connectivity index (χ0) is 6.24. The molecule has 0 unspecified atom stereocenters. The summed E-state index contributed by atoms with van der Waals surface area (Å²) in [6, 6.07) is 0. The van der Waals surface area contributed by atoms with Gasteiger partial charge in [0.1, 0.15) is 6.67 Å². The molecular weight excluding hydrogens is 114 g/mol. The Hall–Kier alpha value is -0.180. The maximum Gasteiger partial charge on any atom is 0.113 e. The van der Waals surface area contributed by atoms with Crippen LogP contribution in [0.3, 0.4) is 0 Å². The largest absolute Gasteiger partial charge is 0.379 e. The van der Waals surface area contributed by atoms with E-state index in [2.05, 4.69) is 4.74 Å². The van der Waals surface area contributed by atoms with Crippen molar-refractivity contribution < 1.29 is 13.5 Å². The average Bonchev–Trinajstić information content (AvgIpc) is 1.81. The highest BCUT2D eigenvalue weighted by molar-refractivity contribution is 4.31. The number of ether oxygens (including phenoxy) is 1. The summed E-state index contributed by atoms with van der Waals surface area (Å²) in [5.74, 6) is 0. The van der Waals surface area contributed by atoms with E-state index in [-0.39, 0.29) is 13.3 Å². The zero-order valence-corrected chi connectivity index (χ0v) is 4.70. The van der Waals surface area contributed by atoms with Crippen LogP contribution in [0.4, 0.5) is 8.78 Å². The van der Waals surface area contributed by atoms with Gasteiger partial charge in [0.15, 0.2) is 0 Å². The Bertz CT molecular complexity index is 35.4. The SMILES string of the molecule is FCCCOCCF. The Labute approximate surface area is 47.6 Å². The van der Waals surface area contributed by atoms with Gasteiger partial charge < -0.3 is 4.74 Å². The third-order valence-corrected chi connectivity index (χ3v) is 0.644. The van der Waals surface area contributed by atoms with Gasteiger partial charge in [-0.15, -0.1) is 0 Å². The van der Waals surface area contributed by atoms with Gasteiger partial charge in [-0.1, -0.05) is 0 Å². The smallest absolute Gasteiger partial charge is 0.113 e. The maximum absolute atomic E-state index is 11.2. The minimum atomic E-state index is -0.480. The molecule has 0 radical (unpaired) electrons. The van der Waals surface area contributed by atoms with Crippen LogP contribution in [-0.4, -0.2) is 26.6 Å². The van der Waals surface area contributed by atoms with Gasteiger partial charge in [0.2, 0.25) is 0 Å². The van der Waals surface area contributed by atoms with E-state index >= 15 is 0 Å². The van der Waals surface area contributed by atoms with Gasteiger partial charge >= 0.3 is 0 Å². The molecule has 0 spiro atoms. The van der Waals surface area contributed by atoms with Crippen molar-refractivity contribution in [3.05, 3.63) is 0 Å². The molecule has 8 heavy (non-hydrogen) atoms. The summed E-state index contributed by atoms with van der Waals surface area (Å²) < 4.78 is 27.1. The van der Waals surface area contributed by atoms with Crippen LogP contribution in [0.1, 0.15) is 6.42 Å². The lowest BCUT2D eigenvalue weighted by atomic mass is 10.5. The van der Waals surface area contributed by atoms with Crippen LogP contribution in [0.2, 0.25) is 0 Å². The number of rotatable bonds is 5. The average molecular weight is 124 g/mol. The molecule has 1 nitrogen and oxygen atoms in total. The van der Waals surface area contributed by atoms with Crippen LogP contribution in [0, 0.1) is 0 Å². The number of hydrogen-bond donors (Lipinski definition) is 0. The summed E-state index contributed by atoms with van der Waals surface area (Å²) >= 11 is 0. The monoisotopic (exact) mass is 124 g/mol. The predicted octanol–water partition coefficient (Wildman–Crippen LogP) is 1.33. The summed E-state index contributed by atoms with van der Waals surface area (Å²) in [7, 11) is 0. The van der Waals surface area contributed by atoms with E-state index in [1.54, 1.807) is 0 Å². The van der Waals surface area contributed by atoms with Crippen molar-refractivity contribution in [3.8, 4) is 0 Å². The Morgan fingerprint density at radius 1 is 1.00 bits per heavy atom. The molecule has 3 heteroatoms. The lowest BCUT2D eigenvalue weighted by Gasteiger charge is -1.95. The van der Waals surface area contributed by atoms with Crippen LogP contribution in [0.5, 0.6) is 0 Å². The van der Waals surface area contributed by atoms with Gasteiger partial charge in [0.25, 0.3) is 0 Å². The Kier molecular flexibility index (Phi) is 6.67. The molecular formula is C5H10F2O. The van der Waals surface area contributed by atoms with Crippen LogP contribution < -0.4 is 0 Å². The molecule has 0 fully saturated rings. The molecule has 0 amide bonds. The lowest BCUT2D eigenvalue weighted by Crippen LogP contribution is -1.98. The van der Waals surface area contributed by atoms with E-state index in [0.717, 1.165) is 0 Å². The number of hydrogen-bond acceptors (Lipinski definition) is 1. The van der Waals surface area contributed by atoms with E-state index in [1.165, 1.54) is 0 Å². The minimum absolute atomic E-state index is 0.0972. The molecule has 0 saturated carbocycles. The first-order chi connectivity index (χ1) is 3.91. The third-order valence-electron chi connectivity index (χ3n) is 0.644. The Morgan fingerprint density at radius 2 is 1.75 bits per heavy atom. The molecule has 0 aliphatic carbocycles. The van der Waals surface area contributed by atoms with Gasteiger partial charge in [0.05, 0.1) is 13.3 Å². The standard InChI is InChI=1S/C5H10F2O/c6-2-1-4-8-5-3-7/h1-5H2. The topological polar surface area (TPSA) is 9.23 Å². The molecule has 0 aromatic rings. The molecule has 0 aromatic heterocycles. The maximum atomic E-state index is 11.2. The second kappa shape index (κ2) is 6.82. The summed E-state index contributed by atoms with van der Waals surface area (Å²) in [6.45, 7) is -0.432. The van der Waals surface area contributed by atoms with Crippen LogP contribution in [0.25, 0.3) is 0 Å². The molecule has 50 valence electrons. The molecule has 0 aliphatic rings. The highest BCUT2D eigenvalue weighted by atomic mass is 19.1. The summed E-state index contributed by atoms with van der Waals surface area (Å²) in [4.78, 5) is 0. The fraction of sp³-hybridized carbons (Fsp3) is 1.00. The highest BCUT2D eigenvalue weighted by Crippen LogP contribution is 1.82. The second-order valence-electron chi connectivity index (χ2n) is 1.34. The van der Waals surface area contributed by atoms with E-state index in [9.17, 15) is 8.78 Å². The van der Waals surface area contributed by atoms with Gasteiger partial charge in [-0.3, -0.25) is 4.39 Å². The quantitative estimate of drug-likeness (QED) is 0.502.